The molecular weight excluding hydrogens is 261 g/mol. The fourth-order valence-electron chi connectivity index (χ4n) is 1.61. The molecule has 0 fully saturated rings. The summed E-state index contributed by atoms with van der Waals surface area (Å²) in [5, 5.41) is 2.64. The second kappa shape index (κ2) is 4.47. The molecule has 0 radical (unpaired) electrons. The predicted octanol–water partition coefficient (Wildman–Crippen LogP) is 1.13. The van der Waals surface area contributed by atoms with E-state index in [1.54, 1.807) is 0 Å². The second-order valence-electron chi connectivity index (χ2n) is 3.90. The van der Waals surface area contributed by atoms with Crippen molar-refractivity contribution in [2.45, 2.75) is 12.0 Å². The van der Waals surface area contributed by atoms with E-state index in [-0.39, 0.29) is 5.75 Å². The number of benzene rings is 1. The summed E-state index contributed by atoms with van der Waals surface area (Å²) in [6.45, 7) is 0. The molecule has 1 aromatic carbocycles. The normalized spacial score (nSPS) is 22.6. The second-order valence-corrected chi connectivity index (χ2v) is 3.90. The third-order valence-electron chi connectivity index (χ3n) is 2.44. The molecule has 5 nitrogen and oxygen atoms in total. The summed E-state index contributed by atoms with van der Waals surface area (Å²) in [6, 6.07) is 5.12. The Bertz CT molecular complexity index is 524. The maximum absolute atomic E-state index is 12.0. The number of halogens is 3. The Labute approximate surface area is 106 Å². The molecule has 1 aliphatic rings. The Hall–Kier alpha value is -2.22. The Morgan fingerprint density at radius 1 is 1.21 bits per heavy atom. The highest BCUT2D eigenvalue weighted by atomic mass is 19.4. The van der Waals surface area contributed by atoms with Crippen LogP contribution in [-0.2, 0) is 5.66 Å². The molecule has 0 aromatic heterocycles. The molecule has 19 heavy (non-hydrogen) atoms. The van der Waals surface area contributed by atoms with Crippen LogP contribution in [0.2, 0.25) is 0 Å². The van der Waals surface area contributed by atoms with Crippen LogP contribution in [0, 0.1) is 0 Å². The fourth-order valence-corrected chi connectivity index (χ4v) is 1.61. The van der Waals surface area contributed by atoms with Gasteiger partial charge in [0.1, 0.15) is 11.6 Å². The first-order chi connectivity index (χ1) is 8.78. The lowest BCUT2D eigenvalue weighted by Crippen LogP contribution is -2.39. The number of nitrogens with zero attached hydrogens (tertiary/aromatic N) is 1. The molecule has 2 rings (SSSR count). The monoisotopic (exact) mass is 272 g/mol. The van der Waals surface area contributed by atoms with Gasteiger partial charge in [0.2, 0.25) is 0 Å². The molecule has 0 saturated carbocycles. The van der Waals surface area contributed by atoms with Crippen molar-refractivity contribution in [1.82, 2.24) is 5.32 Å². The summed E-state index contributed by atoms with van der Waals surface area (Å²) in [5.74, 6) is -0.0113. The highest BCUT2D eigenvalue weighted by molar-refractivity contribution is 5.61. The largest absolute Gasteiger partial charge is 0.573 e. The van der Waals surface area contributed by atoms with E-state index in [1.807, 2.05) is 0 Å². The van der Waals surface area contributed by atoms with E-state index in [2.05, 4.69) is 15.0 Å². The quantitative estimate of drug-likeness (QED) is 0.753. The molecular formula is C11H11F3N4O. The molecule has 0 aliphatic carbocycles. The van der Waals surface area contributed by atoms with E-state index in [0.717, 1.165) is 0 Å². The number of aliphatic imine (C=N–C) groups is 1. The molecule has 5 N–H and O–H groups in total. The van der Waals surface area contributed by atoms with E-state index < -0.39 is 12.0 Å². The van der Waals surface area contributed by atoms with Gasteiger partial charge in [-0.1, -0.05) is 12.1 Å². The first-order valence-corrected chi connectivity index (χ1v) is 5.22. The third kappa shape index (κ3) is 3.16. The van der Waals surface area contributed by atoms with Crippen LogP contribution >= 0.6 is 0 Å². The number of rotatable bonds is 2. The van der Waals surface area contributed by atoms with Crippen molar-refractivity contribution >= 4 is 6.34 Å². The van der Waals surface area contributed by atoms with Crippen molar-refractivity contribution in [2.24, 2.45) is 16.5 Å². The van der Waals surface area contributed by atoms with Gasteiger partial charge < -0.3 is 15.8 Å². The third-order valence-corrected chi connectivity index (χ3v) is 2.44. The van der Waals surface area contributed by atoms with Crippen LogP contribution in [0.25, 0.3) is 0 Å². The maximum atomic E-state index is 12.0. The van der Waals surface area contributed by atoms with Crippen molar-refractivity contribution in [3.8, 4) is 5.75 Å². The summed E-state index contributed by atoms with van der Waals surface area (Å²) in [7, 11) is 0. The minimum Gasteiger partial charge on any atom is -0.406 e. The molecule has 1 aliphatic heterocycles. The summed E-state index contributed by atoms with van der Waals surface area (Å²) in [6.07, 6.45) is -1.93. The molecule has 0 amide bonds. The topological polar surface area (TPSA) is 85.7 Å². The van der Waals surface area contributed by atoms with Crippen LogP contribution in [0.15, 0.2) is 41.2 Å². The van der Waals surface area contributed by atoms with Gasteiger partial charge in [-0.05, 0) is 17.7 Å². The summed E-state index contributed by atoms with van der Waals surface area (Å²) in [5.41, 5.74) is 10.8. The molecule has 0 saturated heterocycles. The highest BCUT2D eigenvalue weighted by Crippen LogP contribution is 2.27. The lowest BCUT2D eigenvalue weighted by atomic mass is 10.00. The Morgan fingerprint density at radius 2 is 1.84 bits per heavy atom. The van der Waals surface area contributed by atoms with Gasteiger partial charge in [0.15, 0.2) is 5.66 Å². The van der Waals surface area contributed by atoms with Gasteiger partial charge in [0.25, 0.3) is 0 Å². The van der Waals surface area contributed by atoms with Gasteiger partial charge in [0.05, 0.1) is 6.34 Å². The standard InChI is InChI=1S/C11H11F3N4O/c12-11(13,14)19-8-3-1-7(2-4-8)10(16)5-9(15)17-6-18-10/h1-6H,15-16H2,(H,17,18). The van der Waals surface area contributed by atoms with Crippen LogP contribution in [-0.4, -0.2) is 12.7 Å². The average molecular weight is 272 g/mol. The van der Waals surface area contributed by atoms with Crippen LogP contribution in [0.4, 0.5) is 13.2 Å². The Balaban J connectivity index is 2.23. The lowest BCUT2D eigenvalue weighted by molar-refractivity contribution is -0.274. The smallest absolute Gasteiger partial charge is 0.406 e. The number of hydrogen-bond acceptors (Lipinski definition) is 5. The zero-order chi connectivity index (χ0) is 14.1. The van der Waals surface area contributed by atoms with E-state index in [9.17, 15) is 13.2 Å². The van der Waals surface area contributed by atoms with Crippen LogP contribution in [0.5, 0.6) is 5.75 Å². The minimum absolute atomic E-state index is 0.313. The molecule has 1 atom stereocenters. The van der Waals surface area contributed by atoms with Crippen molar-refractivity contribution in [3.63, 3.8) is 0 Å². The van der Waals surface area contributed by atoms with E-state index >= 15 is 0 Å². The summed E-state index contributed by atoms with van der Waals surface area (Å²) >= 11 is 0. The summed E-state index contributed by atoms with van der Waals surface area (Å²) in [4.78, 5) is 4.01. The number of ether oxygens (including phenoxy) is 1. The highest BCUT2D eigenvalue weighted by Gasteiger charge is 2.31. The van der Waals surface area contributed by atoms with Gasteiger partial charge in [-0.3, -0.25) is 5.73 Å². The molecule has 0 bridgehead atoms. The van der Waals surface area contributed by atoms with Crippen LogP contribution in [0.3, 0.4) is 0 Å². The molecule has 102 valence electrons. The predicted molar refractivity (Wildman–Crippen MR) is 62.9 cm³/mol. The lowest BCUT2D eigenvalue weighted by Gasteiger charge is -2.25. The zero-order valence-corrected chi connectivity index (χ0v) is 9.61. The first kappa shape index (κ1) is 13.2. The van der Waals surface area contributed by atoms with E-state index in [1.165, 1.54) is 36.7 Å². The Morgan fingerprint density at radius 3 is 2.37 bits per heavy atom. The molecule has 0 spiro atoms. The SMILES string of the molecule is NC1=CC(N)(c2ccc(OC(F)(F)F)cc2)N=CN1. The first-order valence-electron chi connectivity index (χ1n) is 5.22. The van der Waals surface area contributed by atoms with Gasteiger partial charge in [-0.2, -0.15) is 0 Å². The molecule has 1 heterocycles. The van der Waals surface area contributed by atoms with Gasteiger partial charge >= 0.3 is 6.36 Å². The van der Waals surface area contributed by atoms with Gasteiger partial charge in [-0.25, -0.2) is 4.99 Å². The van der Waals surface area contributed by atoms with E-state index in [0.29, 0.717) is 11.4 Å². The van der Waals surface area contributed by atoms with Crippen molar-refractivity contribution in [3.05, 3.63) is 41.7 Å². The minimum atomic E-state index is -4.72. The van der Waals surface area contributed by atoms with Gasteiger partial charge in [0, 0.05) is 6.08 Å². The Kier molecular flexibility index (Phi) is 3.11. The molecule has 1 aromatic rings. The van der Waals surface area contributed by atoms with Crippen molar-refractivity contribution in [2.75, 3.05) is 0 Å². The maximum Gasteiger partial charge on any atom is 0.573 e. The summed E-state index contributed by atoms with van der Waals surface area (Å²) < 4.78 is 39.8. The van der Waals surface area contributed by atoms with Crippen molar-refractivity contribution in [1.29, 1.82) is 0 Å². The van der Waals surface area contributed by atoms with Crippen molar-refractivity contribution < 1.29 is 17.9 Å². The van der Waals surface area contributed by atoms with Gasteiger partial charge in [-0.15, -0.1) is 13.2 Å². The number of nitrogens with one attached hydrogen (secondary N) is 1. The molecule has 8 heteroatoms. The number of alkyl halides is 3. The average Bonchev–Trinajstić information content (AvgIpc) is 2.27. The number of nitrogens with two attached hydrogens (primary N) is 2. The number of hydrogen-bond donors (Lipinski definition) is 3. The van der Waals surface area contributed by atoms with Crippen LogP contribution < -0.4 is 21.5 Å². The fraction of sp³-hybridized carbons (Fsp3) is 0.182. The zero-order valence-electron chi connectivity index (χ0n) is 9.61. The molecule has 1 unspecified atom stereocenters. The van der Waals surface area contributed by atoms with E-state index in [4.69, 9.17) is 11.5 Å². The van der Waals surface area contributed by atoms with Crippen LogP contribution in [0.1, 0.15) is 5.56 Å².